The quantitative estimate of drug-likeness (QED) is 0.740. The van der Waals surface area contributed by atoms with Crippen LogP contribution in [0.15, 0.2) is 0 Å². The predicted molar refractivity (Wildman–Crippen MR) is 74.2 cm³/mol. The number of rotatable bonds is 4. The first-order valence-electron chi connectivity index (χ1n) is 6.01. The lowest BCUT2D eigenvalue weighted by atomic mass is 10.4. The van der Waals surface area contributed by atoms with Crippen LogP contribution in [0.5, 0.6) is 0 Å². The zero-order chi connectivity index (χ0) is 14.8. The summed E-state index contributed by atoms with van der Waals surface area (Å²) in [6.07, 6.45) is 1.05. The average molecular weight is 320 g/mol. The molecule has 20 heavy (non-hydrogen) atoms. The Morgan fingerprint density at radius 3 is 2.60 bits per heavy atom. The van der Waals surface area contributed by atoms with Gasteiger partial charge in [0.1, 0.15) is 12.4 Å². The van der Waals surface area contributed by atoms with Crippen molar-refractivity contribution in [3.63, 3.8) is 0 Å². The molecular formula is C10H16N4O4S2. The molecule has 0 saturated carbocycles. The second-order valence-electron chi connectivity index (χ2n) is 4.39. The molecule has 0 spiro atoms. The molecule has 0 aliphatic carbocycles. The number of aromatic nitrogens is 2. The van der Waals surface area contributed by atoms with Crippen molar-refractivity contribution in [2.75, 3.05) is 43.4 Å². The molecule has 0 radical (unpaired) electrons. The highest BCUT2D eigenvalue weighted by molar-refractivity contribution is 7.92. The Hall–Kier alpha value is -1.26. The normalized spacial score (nSPS) is 16.2. The van der Waals surface area contributed by atoms with Gasteiger partial charge in [-0.1, -0.05) is 0 Å². The number of sulfonamides is 1. The molecule has 0 atom stereocenters. The van der Waals surface area contributed by atoms with Crippen molar-refractivity contribution in [1.29, 1.82) is 0 Å². The smallest absolute Gasteiger partial charge is 0.243 e. The number of hydrogen-bond donors (Lipinski definition) is 0. The van der Waals surface area contributed by atoms with Crippen molar-refractivity contribution >= 4 is 32.6 Å². The molecule has 10 heteroatoms. The molecule has 1 saturated heterocycles. The number of anilines is 1. The number of amides is 1. The largest absolute Gasteiger partial charge is 0.378 e. The minimum absolute atomic E-state index is 0.214. The van der Waals surface area contributed by atoms with E-state index in [2.05, 4.69) is 9.36 Å². The number of morpholine rings is 1. The van der Waals surface area contributed by atoms with E-state index in [0.29, 0.717) is 32.1 Å². The molecule has 0 unspecified atom stereocenters. The second kappa shape index (κ2) is 6.02. The van der Waals surface area contributed by atoms with Gasteiger partial charge in [-0.25, -0.2) is 17.7 Å². The highest BCUT2D eigenvalue weighted by Gasteiger charge is 2.27. The van der Waals surface area contributed by atoms with Crippen LogP contribution in [0.25, 0.3) is 0 Å². The van der Waals surface area contributed by atoms with Gasteiger partial charge in [0.15, 0.2) is 0 Å². The molecule has 1 aromatic heterocycles. The number of carbonyl (C=O) groups is 1. The Morgan fingerprint density at radius 1 is 1.45 bits per heavy atom. The van der Waals surface area contributed by atoms with Crippen molar-refractivity contribution in [3.05, 3.63) is 5.82 Å². The maximum Gasteiger partial charge on any atom is 0.243 e. The minimum Gasteiger partial charge on any atom is -0.378 e. The number of nitrogens with zero attached hydrogens (tertiary/aromatic N) is 4. The van der Waals surface area contributed by atoms with Crippen molar-refractivity contribution < 1.29 is 17.9 Å². The van der Waals surface area contributed by atoms with E-state index in [9.17, 15) is 13.2 Å². The lowest BCUT2D eigenvalue weighted by Gasteiger charge is -2.28. The van der Waals surface area contributed by atoms with Gasteiger partial charge in [-0.2, -0.15) is 4.37 Å². The fraction of sp³-hybridized carbons (Fsp3) is 0.700. The zero-order valence-corrected chi connectivity index (χ0v) is 12.9. The van der Waals surface area contributed by atoms with Crippen molar-refractivity contribution in [1.82, 2.24) is 14.3 Å². The van der Waals surface area contributed by atoms with E-state index in [1.165, 1.54) is 0 Å². The van der Waals surface area contributed by atoms with Crippen LogP contribution in [0.1, 0.15) is 5.82 Å². The molecule has 1 aliphatic heterocycles. The van der Waals surface area contributed by atoms with E-state index in [-0.39, 0.29) is 17.6 Å². The summed E-state index contributed by atoms with van der Waals surface area (Å²) in [5.41, 5.74) is 0. The van der Waals surface area contributed by atoms with E-state index in [1.54, 1.807) is 11.8 Å². The molecule has 1 fully saturated rings. The van der Waals surface area contributed by atoms with Crippen LogP contribution < -0.4 is 4.31 Å². The maximum absolute atomic E-state index is 12.2. The fourth-order valence-electron chi connectivity index (χ4n) is 1.75. The summed E-state index contributed by atoms with van der Waals surface area (Å²) in [6, 6.07) is 0. The first kappa shape index (κ1) is 15.1. The van der Waals surface area contributed by atoms with Gasteiger partial charge in [0.05, 0.1) is 19.5 Å². The summed E-state index contributed by atoms with van der Waals surface area (Å²) in [7, 11) is -3.58. The Morgan fingerprint density at radius 2 is 2.10 bits per heavy atom. The highest BCUT2D eigenvalue weighted by atomic mass is 32.2. The van der Waals surface area contributed by atoms with Crippen LogP contribution in [0.4, 0.5) is 5.13 Å². The molecule has 0 aromatic carbocycles. The van der Waals surface area contributed by atoms with Gasteiger partial charge in [-0.15, -0.1) is 0 Å². The van der Waals surface area contributed by atoms with E-state index in [4.69, 9.17) is 4.74 Å². The van der Waals surface area contributed by atoms with E-state index >= 15 is 0 Å². The Bertz CT molecular complexity index is 580. The van der Waals surface area contributed by atoms with Gasteiger partial charge in [-0.3, -0.25) is 4.79 Å². The monoisotopic (exact) mass is 320 g/mol. The van der Waals surface area contributed by atoms with Gasteiger partial charge in [-0.05, 0) is 6.92 Å². The van der Waals surface area contributed by atoms with Crippen LogP contribution in [0, 0.1) is 6.92 Å². The Balaban J connectivity index is 2.14. The van der Waals surface area contributed by atoms with Crippen LogP contribution in [0.2, 0.25) is 0 Å². The number of aryl methyl sites for hydroxylation is 1. The fourth-order valence-corrected chi connectivity index (χ4v) is 3.51. The summed E-state index contributed by atoms with van der Waals surface area (Å²) < 4.78 is 33.8. The number of carbonyl (C=O) groups excluding carboxylic acids is 1. The van der Waals surface area contributed by atoms with Crippen LogP contribution >= 0.6 is 11.5 Å². The molecule has 2 heterocycles. The SMILES string of the molecule is Cc1nsc(N(CC(=O)N2CCOCC2)S(C)(=O)=O)n1. The Kier molecular flexibility index (Phi) is 4.55. The first-order valence-corrected chi connectivity index (χ1v) is 8.63. The molecule has 2 rings (SSSR count). The topological polar surface area (TPSA) is 92.7 Å². The Labute approximate surface area is 121 Å². The third-order valence-corrected chi connectivity index (χ3v) is 4.82. The number of hydrogen-bond acceptors (Lipinski definition) is 7. The van der Waals surface area contributed by atoms with Gasteiger partial charge < -0.3 is 9.64 Å². The molecule has 112 valence electrons. The predicted octanol–water partition coefficient (Wildman–Crippen LogP) is -0.529. The van der Waals surface area contributed by atoms with Gasteiger partial charge >= 0.3 is 0 Å². The van der Waals surface area contributed by atoms with Gasteiger partial charge in [0, 0.05) is 24.6 Å². The second-order valence-corrected chi connectivity index (χ2v) is 7.02. The lowest BCUT2D eigenvalue weighted by Crippen LogP contribution is -2.47. The van der Waals surface area contributed by atoms with Gasteiger partial charge in [0.2, 0.25) is 21.1 Å². The summed E-state index contributed by atoms with van der Waals surface area (Å²) in [4.78, 5) is 17.8. The van der Waals surface area contributed by atoms with Crippen molar-refractivity contribution in [2.45, 2.75) is 6.92 Å². The van der Waals surface area contributed by atoms with Crippen molar-refractivity contribution in [3.8, 4) is 0 Å². The standard InChI is InChI=1S/C10H16N4O4S2/c1-8-11-10(19-12-8)14(20(2,16)17)7-9(15)13-3-5-18-6-4-13/h3-7H2,1-2H3. The molecule has 1 amide bonds. The zero-order valence-electron chi connectivity index (χ0n) is 11.3. The summed E-state index contributed by atoms with van der Waals surface area (Å²) >= 11 is 0.963. The third-order valence-electron chi connectivity index (χ3n) is 2.77. The summed E-state index contributed by atoms with van der Waals surface area (Å²) in [6.45, 7) is 3.32. The van der Waals surface area contributed by atoms with Gasteiger partial charge in [0.25, 0.3) is 0 Å². The average Bonchev–Trinajstić information content (AvgIpc) is 2.81. The van der Waals surface area contributed by atoms with Crippen molar-refractivity contribution in [2.24, 2.45) is 0 Å². The van der Waals surface area contributed by atoms with Crippen LogP contribution in [-0.4, -0.2) is 67.7 Å². The first-order chi connectivity index (χ1) is 9.38. The molecule has 0 N–H and O–H groups in total. The lowest BCUT2D eigenvalue weighted by molar-refractivity contribution is -0.133. The van der Waals surface area contributed by atoms with Crippen LogP contribution in [0.3, 0.4) is 0 Å². The minimum atomic E-state index is -3.58. The molecular weight excluding hydrogens is 304 g/mol. The molecule has 0 bridgehead atoms. The maximum atomic E-state index is 12.2. The molecule has 8 nitrogen and oxygen atoms in total. The summed E-state index contributed by atoms with van der Waals surface area (Å²) in [5, 5.41) is 0.214. The third kappa shape index (κ3) is 3.64. The molecule has 1 aromatic rings. The van der Waals surface area contributed by atoms with E-state index < -0.39 is 10.0 Å². The van der Waals surface area contributed by atoms with E-state index in [1.807, 2.05) is 0 Å². The summed E-state index contributed by atoms with van der Waals surface area (Å²) in [5.74, 6) is 0.226. The van der Waals surface area contributed by atoms with E-state index in [0.717, 1.165) is 22.1 Å². The molecule has 1 aliphatic rings. The van der Waals surface area contributed by atoms with Crippen LogP contribution in [-0.2, 0) is 19.6 Å². The number of ether oxygens (including phenoxy) is 1. The highest BCUT2D eigenvalue weighted by Crippen LogP contribution is 2.20.